The van der Waals surface area contributed by atoms with E-state index in [1.807, 2.05) is 4.68 Å². The third-order valence-electron chi connectivity index (χ3n) is 5.53. The van der Waals surface area contributed by atoms with E-state index in [0.717, 1.165) is 17.9 Å². The van der Waals surface area contributed by atoms with Gasteiger partial charge in [-0.05, 0) is 48.9 Å². The second-order valence-electron chi connectivity index (χ2n) is 7.66. The summed E-state index contributed by atoms with van der Waals surface area (Å²) < 4.78 is 1.88. The van der Waals surface area contributed by atoms with Crippen LogP contribution in [0.3, 0.4) is 0 Å². The lowest BCUT2D eigenvalue weighted by Gasteiger charge is -2.42. The van der Waals surface area contributed by atoms with Crippen LogP contribution < -0.4 is 4.90 Å². The first-order valence-electron chi connectivity index (χ1n) is 8.74. The maximum Gasteiger partial charge on any atom is 0.219 e. The molecule has 3 aromatic rings. The van der Waals surface area contributed by atoms with Crippen molar-refractivity contribution in [2.24, 2.45) is 0 Å². The van der Waals surface area contributed by atoms with Gasteiger partial charge in [-0.1, -0.05) is 42.0 Å². The standard InChI is InChI=1S/C20H23N5/c1-14-9-11-16(12-10-14)25-19(21-22-23-25)18-17-8-6-5-7-15(17)13-20(2,3)24(18)4/h5-12,18H,13H2,1-4H3/p+1/t18-/m0/s1. The quantitative estimate of drug-likeness (QED) is 0.779. The van der Waals surface area contributed by atoms with Crippen LogP contribution in [0.5, 0.6) is 0 Å². The fraction of sp³-hybridized carbons (Fsp3) is 0.350. The maximum absolute atomic E-state index is 4.43. The molecule has 0 fully saturated rings. The van der Waals surface area contributed by atoms with E-state index in [-0.39, 0.29) is 11.6 Å². The van der Waals surface area contributed by atoms with Gasteiger partial charge in [-0.2, -0.15) is 4.68 Å². The molecule has 1 N–H and O–H groups in total. The van der Waals surface area contributed by atoms with Crippen molar-refractivity contribution in [3.63, 3.8) is 0 Å². The van der Waals surface area contributed by atoms with E-state index in [2.05, 4.69) is 91.9 Å². The molecule has 0 saturated carbocycles. The Kier molecular flexibility index (Phi) is 3.69. The Labute approximate surface area is 148 Å². The molecule has 2 aromatic carbocycles. The minimum atomic E-state index is 0.108. The van der Waals surface area contributed by atoms with E-state index >= 15 is 0 Å². The molecule has 0 bridgehead atoms. The number of aryl methyl sites for hydroxylation is 1. The number of fused-ring (bicyclic) bond motifs is 1. The largest absolute Gasteiger partial charge is 0.320 e. The van der Waals surface area contributed by atoms with Crippen LogP contribution in [-0.2, 0) is 6.42 Å². The topological polar surface area (TPSA) is 48.0 Å². The van der Waals surface area contributed by atoms with Gasteiger partial charge in [0.1, 0.15) is 0 Å². The van der Waals surface area contributed by atoms with E-state index in [9.17, 15) is 0 Å². The van der Waals surface area contributed by atoms with Crippen LogP contribution in [0.1, 0.15) is 42.4 Å². The predicted molar refractivity (Wildman–Crippen MR) is 96.8 cm³/mol. The van der Waals surface area contributed by atoms with E-state index in [0.29, 0.717) is 0 Å². The fourth-order valence-corrected chi connectivity index (χ4v) is 3.79. The second-order valence-corrected chi connectivity index (χ2v) is 7.66. The van der Waals surface area contributed by atoms with E-state index in [4.69, 9.17) is 0 Å². The smallest absolute Gasteiger partial charge is 0.219 e. The molecule has 0 spiro atoms. The van der Waals surface area contributed by atoms with E-state index < -0.39 is 0 Å². The van der Waals surface area contributed by atoms with Gasteiger partial charge in [0.25, 0.3) is 0 Å². The van der Waals surface area contributed by atoms with Crippen LogP contribution >= 0.6 is 0 Å². The lowest BCUT2D eigenvalue weighted by molar-refractivity contribution is -0.957. The average molecular weight is 334 g/mol. The van der Waals surface area contributed by atoms with Crippen molar-refractivity contribution >= 4 is 0 Å². The molecular weight excluding hydrogens is 310 g/mol. The van der Waals surface area contributed by atoms with Crippen LogP contribution in [0.2, 0.25) is 0 Å². The Hall–Kier alpha value is -2.53. The summed E-state index contributed by atoms with van der Waals surface area (Å²) in [7, 11) is 2.24. The summed E-state index contributed by atoms with van der Waals surface area (Å²) in [5.41, 5.74) is 5.05. The Morgan fingerprint density at radius 1 is 1.08 bits per heavy atom. The van der Waals surface area contributed by atoms with Gasteiger partial charge >= 0.3 is 0 Å². The summed E-state index contributed by atoms with van der Waals surface area (Å²) in [5, 5.41) is 12.7. The van der Waals surface area contributed by atoms with Gasteiger partial charge in [0.15, 0.2) is 6.04 Å². The molecular formula is C20H24N5+. The van der Waals surface area contributed by atoms with Gasteiger partial charge < -0.3 is 4.90 Å². The van der Waals surface area contributed by atoms with Gasteiger partial charge in [0, 0.05) is 12.0 Å². The number of rotatable bonds is 2. The number of hydrogen-bond donors (Lipinski definition) is 1. The molecule has 0 saturated heterocycles. The zero-order valence-electron chi connectivity index (χ0n) is 15.2. The molecule has 5 heteroatoms. The second kappa shape index (κ2) is 5.77. The molecule has 4 rings (SSSR count). The van der Waals surface area contributed by atoms with Gasteiger partial charge in [0.2, 0.25) is 5.82 Å². The van der Waals surface area contributed by atoms with Gasteiger partial charge in [-0.3, -0.25) is 0 Å². The molecule has 0 radical (unpaired) electrons. The first-order valence-corrected chi connectivity index (χ1v) is 8.74. The normalized spacial score (nSPS) is 21.8. The molecule has 0 aliphatic carbocycles. The highest BCUT2D eigenvalue weighted by molar-refractivity contribution is 5.38. The molecule has 2 atom stereocenters. The maximum atomic E-state index is 4.43. The van der Waals surface area contributed by atoms with Crippen LogP contribution in [0.4, 0.5) is 0 Å². The number of nitrogens with one attached hydrogen (secondary N) is 1. The third-order valence-corrected chi connectivity index (χ3v) is 5.53. The number of hydrogen-bond acceptors (Lipinski definition) is 3. The average Bonchev–Trinajstić information content (AvgIpc) is 3.05. The Balaban J connectivity index is 1.87. The fourth-order valence-electron chi connectivity index (χ4n) is 3.79. The number of quaternary nitrogens is 1. The highest BCUT2D eigenvalue weighted by Gasteiger charge is 2.44. The van der Waals surface area contributed by atoms with Crippen LogP contribution in [0.25, 0.3) is 5.69 Å². The predicted octanol–water partition coefficient (Wildman–Crippen LogP) is 1.91. The van der Waals surface area contributed by atoms with E-state index in [1.165, 1.54) is 21.6 Å². The molecule has 5 nitrogen and oxygen atoms in total. The van der Waals surface area contributed by atoms with Crippen LogP contribution in [-0.4, -0.2) is 32.8 Å². The number of nitrogens with zero attached hydrogens (tertiary/aromatic N) is 4. The van der Waals surface area contributed by atoms with Crippen molar-refractivity contribution in [1.82, 2.24) is 20.2 Å². The summed E-state index contributed by atoms with van der Waals surface area (Å²) in [5.74, 6) is 0.890. The number of aromatic nitrogens is 4. The zero-order valence-corrected chi connectivity index (χ0v) is 15.2. The number of likely N-dealkylation sites (N-methyl/N-ethyl adjacent to an activating group) is 1. The van der Waals surface area contributed by atoms with Crippen molar-refractivity contribution in [2.75, 3.05) is 7.05 Å². The van der Waals surface area contributed by atoms with Crippen molar-refractivity contribution in [1.29, 1.82) is 0 Å². The van der Waals surface area contributed by atoms with Gasteiger partial charge in [0.05, 0.1) is 18.3 Å². The van der Waals surface area contributed by atoms with Crippen molar-refractivity contribution in [3.8, 4) is 5.69 Å². The summed E-state index contributed by atoms with van der Waals surface area (Å²) in [6.45, 7) is 6.71. The molecule has 1 aromatic heterocycles. The highest BCUT2D eigenvalue weighted by atomic mass is 15.6. The Morgan fingerprint density at radius 3 is 2.56 bits per heavy atom. The number of tetrazole rings is 1. The van der Waals surface area contributed by atoms with Crippen LogP contribution in [0, 0.1) is 6.92 Å². The summed E-state index contributed by atoms with van der Waals surface area (Å²) >= 11 is 0. The number of benzene rings is 2. The van der Waals surface area contributed by atoms with Gasteiger partial charge in [-0.25, -0.2) is 0 Å². The first-order chi connectivity index (χ1) is 12.0. The molecule has 1 unspecified atom stereocenters. The summed E-state index contributed by atoms with van der Waals surface area (Å²) in [6.07, 6.45) is 1.05. The van der Waals surface area contributed by atoms with Crippen molar-refractivity contribution in [3.05, 3.63) is 71.0 Å². The lowest BCUT2D eigenvalue weighted by atomic mass is 9.81. The SMILES string of the molecule is Cc1ccc(-n2nnnc2[C@@H]2c3ccccc3CC(C)(C)[NH+]2C)cc1. The lowest BCUT2D eigenvalue weighted by Crippen LogP contribution is -3.18. The minimum Gasteiger partial charge on any atom is -0.320 e. The molecule has 128 valence electrons. The molecule has 1 aliphatic rings. The van der Waals surface area contributed by atoms with Crippen molar-refractivity contribution in [2.45, 2.75) is 38.8 Å². The summed E-state index contributed by atoms with van der Waals surface area (Å²) in [6, 6.07) is 17.1. The Bertz CT molecular complexity index is 894. The highest BCUT2D eigenvalue weighted by Crippen LogP contribution is 2.29. The molecule has 1 aliphatic heterocycles. The van der Waals surface area contributed by atoms with Crippen LogP contribution in [0.15, 0.2) is 48.5 Å². The molecule has 0 amide bonds. The van der Waals surface area contributed by atoms with Gasteiger partial charge in [-0.15, -0.1) is 5.10 Å². The monoisotopic (exact) mass is 334 g/mol. The third kappa shape index (κ3) is 2.65. The summed E-state index contributed by atoms with van der Waals surface area (Å²) in [4.78, 5) is 1.41. The zero-order chi connectivity index (χ0) is 17.6. The Morgan fingerprint density at radius 2 is 1.80 bits per heavy atom. The molecule has 2 heterocycles. The molecule has 25 heavy (non-hydrogen) atoms. The van der Waals surface area contributed by atoms with Crippen molar-refractivity contribution < 1.29 is 4.90 Å². The minimum absolute atomic E-state index is 0.108. The first kappa shape index (κ1) is 16.0. The van der Waals surface area contributed by atoms with E-state index in [1.54, 1.807) is 0 Å².